The Morgan fingerprint density at radius 3 is 2.78 bits per heavy atom. The van der Waals surface area contributed by atoms with E-state index >= 15 is 0 Å². The number of rotatable bonds is 8. The molecule has 96 valence electrons. The van der Waals surface area contributed by atoms with Gasteiger partial charge in [0, 0.05) is 6.42 Å². The molecule has 1 aromatic carbocycles. The summed E-state index contributed by atoms with van der Waals surface area (Å²) in [6.45, 7) is 7.93. The fraction of sp³-hybridized carbons (Fsp3) is 0.438. The second-order valence-electron chi connectivity index (χ2n) is 4.98. The fourth-order valence-electron chi connectivity index (χ4n) is 1.87. The summed E-state index contributed by atoms with van der Waals surface area (Å²) in [5.74, 6) is 0.456. The van der Waals surface area contributed by atoms with Gasteiger partial charge in [-0.05, 0) is 30.7 Å². The molecule has 0 amide bonds. The molecule has 1 rings (SSSR count). The number of unbranched alkanes of at least 4 members (excludes halogenated alkanes) is 1. The van der Waals surface area contributed by atoms with Crippen molar-refractivity contribution < 1.29 is 4.79 Å². The Kier molecular flexibility index (Phi) is 6.66. The zero-order valence-electron chi connectivity index (χ0n) is 11.4. The van der Waals surface area contributed by atoms with Crippen molar-refractivity contribution in [1.29, 1.82) is 0 Å². The Labute approximate surface area is 113 Å². The van der Waals surface area contributed by atoms with Crippen molar-refractivity contribution in [2.45, 2.75) is 39.5 Å². The standard InChI is InChI=1S/C16H22OSi/c1-4-5-6-9-14-10-7-8-11-15(14)18-16(17)12-13(2)3/h4,7-8,10-11,13H,1,5-6,9,12H2,2-3H3. The Bertz CT molecular complexity index is 396. The Morgan fingerprint density at radius 1 is 1.39 bits per heavy atom. The zero-order valence-corrected chi connectivity index (χ0v) is 12.4. The number of aryl methyl sites for hydroxylation is 1. The van der Waals surface area contributed by atoms with Crippen LogP contribution in [0.3, 0.4) is 0 Å². The van der Waals surface area contributed by atoms with Crippen molar-refractivity contribution in [2.75, 3.05) is 0 Å². The molecule has 0 aliphatic carbocycles. The molecule has 0 aromatic heterocycles. The van der Waals surface area contributed by atoms with Crippen LogP contribution in [-0.4, -0.2) is 14.9 Å². The lowest BCUT2D eigenvalue weighted by molar-refractivity contribution is -0.112. The molecule has 0 fully saturated rings. The van der Waals surface area contributed by atoms with E-state index in [0.717, 1.165) is 19.3 Å². The Balaban J connectivity index is 2.63. The van der Waals surface area contributed by atoms with Crippen molar-refractivity contribution in [2.24, 2.45) is 5.92 Å². The molecule has 0 spiro atoms. The molecule has 0 aliphatic rings. The van der Waals surface area contributed by atoms with Gasteiger partial charge in [0.2, 0.25) is 0 Å². The highest BCUT2D eigenvalue weighted by Gasteiger charge is 2.10. The first kappa shape index (κ1) is 14.9. The molecule has 1 nitrogen and oxygen atoms in total. The third-order valence-corrected chi connectivity index (χ3v) is 3.98. The predicted octanol–water partition coefficient (Wildman–Crippen LogP) is 3.10. The first-order chi connectivity index (χ1) is 8.63. The minimum atomic E-state index is 0.317. The fourth-order valence-corrected chi connectivity index (χ4v) is 3.23. The van der Waals surface area contributed by atoms with Crippen LogP contribution in [0.5, 0.6) is 0 Å². The van der Waals surface area contributed by atoms with E-state index in [2.05, 4.69) is 38.6 Å². The van der Waals surface area contributed by atoms with Crippen LogP contribution in [0.15, 0.2) is 36.9 Å². The van der Waals surface area contributed by atoms with E-state index < -0.39 is 0 Å². The molecule has 0 heterocycles. The van der Waals surface area contributed by atoms with Crippen molar-refractivity contribution in [3.63, 3.8) is 0 Å². The maximum absolute atomic E-state index is 11.9. The van der Waals surface area contributed by atoms with E-state index in [1.54, 1.807) is 0 Å². The molecule has 0 bridgehead atoms. The lowest BCUT2D eigenvalue weighted by Gasteiger charge is -2.08. The summed E-state index contributed by atoms with van der Waals surface area (Å²) in [7, 11) is 0.317. The molecule has 2 radical (unpaired) electrons. The maximum atomic E-state index is 11.9. The summed E-state index contributed by atoms with van der Waals surface area (Å²) in [6.07, 6.45) is 5.85. The third-order valence-electron chi connectivity index (χ3n) is 2.74. The molecule has 0 aliphatic heterocycles. The lowest BCUT2D eigenvalue weighted by atomic mass is 10.1. The van der Waals surface area contributed by atoms with E-state index in [1.807, 2.05) is 12.1 Å². The molecule has 0 saturated carbocycles. The molecule has 0 saturated heterocycles. The molecule has 1 aromatic rings. The number of hydrogen-bond acceptors (Lipinski definition) is 1. The van der Waals surface area contributed by atoms with E-state index in [9.17, 15) is 4.79 Å². The number of allylic oxidation sites excluding steroid dienone is 1. The lowest BCUT2D eigenvalue weighted by Crippen LogP contribution is -2.27. The van der Waals surface area contributed by atoms with Gasteiger partial charge in [-0.2, -0.15) is 0 Å². The van der Waals surface area contributed by atoms with Gasteiger partial charge >= 0.3 is 0 Å². The van der Waals surface area contributed by atoms with E-state index in [-0.39, 0.29) is 0 Å². The quantitative estimate of drug-likeness (QED) is 0.398. The van der Waals surface area contributed by atoms with Crippen LogP contribution in [0.25, 0.3) is 0 Å². The van der Waals surface area contributed by atoms with Gasteiger partial charge in [0.25, 0.3) is 0 Å². The molecular weight excluding hydrogens is 236 g/mol. The molecule has 0 unspecified atom stereocenters. The average molecular weight is 258 g/mol. The van der Waals surface area contributed by atoms with Gasteiger partial charge in [-0.25, -0.2) is 0 Å². The van der Waals surface area contributed by atoms with Gasteiger partial charge in [0.15, 0.2) is 9.52 Å². The molecule has 0 atom stereocenters. The van der Waals surface area contributed by atoms with Crippen molar-refractivity contribution >= 4 is 20.1 Å². The van der Waals surface area contributed by atoms with Crippen LogP contribution >= 0.6 is 0 Å². The normalized spacial score (nSPS) is 10.6. The van der Waals surface area contributed by atoms with E-state index in [4.69, 9.17) is 0 Å². The molecule has 18 heavy (non-hydrogen) atoms. The Morgan fingerprint density at radius 2 is 2.11 bits per heavy atom. The molecular formula is C16H22OSi. The number of benzene rings is 1. The first-order valence-corrected chi connectivity index (χ1v) is 7.62. The number of carbonyl (C=O) groups is 1. The van der Waals surface area contributed by atoms with Gasteiger partial charge in [0.05, 0.1) is 0 Å². The van der Waals surface area contributed by atoms with Crippen LogP contribution in [0.2, 0.25) is 0 Å². The summed E-state index contributed by atoms with van der Waals surface area (Å²) >= 11 is 0. The predicted molar refractivity (Wildman–Crippen MR) is 79.4 cm³/mol. The summed E-state index contributed by atoms with van der Waals surface area (Å²) in [5.41, 5.74) is 1.33. The van der Waals surface area contributed by atoms with E-state index in [1.165, 1.54) is 10.8 Å². The minimum absolute atomic E-state index is 0.317. The highest BCUT2D eigenvalue weighted by Crippen LogP contribution is 2.04. The summed E-state index contributed by atoms with van der Waals surface area (Å²) < 4.78 is 0. The topological polar surface area (TPSA) is 17.1 Å². The second-order valence-corrected chi connectivity index (χ2v) is 6.33. The highest BCUT2D eigenvalue weighted by atomic mass is 28.2. The summed E-state index contributed by atoms with van der Waals surface area (Å²) in [5, 5.41) is 1.60. The van der Waals surface area contributed by atoms with Gasteiger partial charge in [-0.1, -0.05) is 49.4 Å². The average Bonchev–Trinajstić information content (AvgIpc) is 2.30. The van der Waals surface area contributed by atoms with Crippen molar-refractivity contribution in [3.05, 3.63) is 42.5 Å². The number of carbonyl (C=O) groups excluding carboxylic acids is 1. The first-order valence-electron chi connectivity index (χ1n) is 6.62. The third kappa shape index (κ3) is 5.45. The van der Waals surface area contributed by atoms with Crippen LogP contribution in [0, 0.1) is 5.92 Å². The second kappa shape index (κ2) is 8.04. The minimum Gasteiger partial charge on any atom is -0.306 e. The maximum Gasteiger partial charge on any atom is 0.172 e. The summed E-state index contributed by atoms with van der Waals surface area (Å²) in [4.78, 5) is 11.9. The van der Waals surface area contributed by atoms with Gasteiger partial charge in [-0.15, -0.1) is 6.58 Å². The largest absolute Gasteiger partial charge is 0.306 e. The van der Waals surface area contributed by atoms with Crippen molar-refractivity contribution in [1.82, 2.24) is 0 Å². The van der Waals surface area contributed by atoms with E-state index in [0.29, 0.717) is 27.3 Å². The zero-order chi connectivity index (χ0) is 13.4. The van der Waals surface area contributed by atoms with Gasteiger partial charge in [-0.3, -0.25) is 0 Å². The smallest absolute Gasteiger partial charge is 0.172 e. The van der Waals surface area contributed by atoms with Crippen LogP contribution < -0.4 is 5.19 Å². The highest BCUT2D eigenvalue weighted by molar-refractivity contribution is 6.84. The SMILES string of the molecule is C=CCCCc1ccccc1[Si]C(=O)CC(C)C. The van der Waals surface area contributed by atoms with Crippen LogP contribution in [-0.2, 0) is 11.2 Å². The summed E-state index contributed by atoms with van der Waals surface area (Å²) in [6, 6.07) is 8.33. The van der Waals surface area contributed by atoms with Crippen LogP contribution in [0.1, 0.15) is 38.7 Å². The van der Waals surface area contributed by atoms with Crippen LogP contribution in [0.4, 0.5) is 0 Å². The monoisotopic (exact) mass is 258 g/mol. The van der Waals surface area contributed by atoms with Crippen molar-refractivity contribution in [3.8, 4) is 0 Å². The van der Waals surface area contributed by atoms with Gasteiger partial charge < -0.3 is 4.79 Å². The molecule has 0 N–H and O–H groups in total. The number of hydrogen-bond donors (Lipinski definition) is 0. The van der Waals surface area contributed by atoms with Gasteiger partial charge in [0.1, 0.15) is 5.41 Å². The molecule has 2 heteroatoms. The Hall–Kier alpha value is -1.15.